The zero-order valence-electron chi connectivity index (χ0n) is 10.7. The topological polar surface area (TPSA) is 20.2 Å². The normalized spacial score (nSPS) is 25.3. The molecule has 0 radical (unpaired) electrons. The molecule has 1 saturated carbocycles. The number of hydrogen-bond donors (Lipinski definition) is 1. The monoisotopic (exact) mass is 270 g/mol. The molecule has 1 nitrogen and oxygen atoms in total. The maximum atomic E-state index is 13.0. The molecule has 1 aliphatic rings. The molecule has 3 heteroatoms. The summed E-state index contributed by atoms with van der Waals surface area (Å²) >= 11 is 5.75. The lowest BCUT2D eigenvalue weighted by Gasteiger charge is -2.18. The van der Waals surface area contributed by atoms with Crippen LogP contribution in [0, 0.1) is 17.7 Å². The smallest absolute Gasteiger partial charge is 0.141 e. The van der Waals surface area contributed by atoms with Crippen molar-refractivity contribution in [2.75, 3.05) is 0 Å². The second-order valence-corrected chi connectivity index (χ2v) is 5.77. The van der Waals surface area contributed by atoms with Crippen molar-refractivity contribution >= 4 is 11.6 Å². The first-order chi connectivity index (χ1) is 8.60. The molecule has 1 fully saturated rings. The standard InChI is InChI=1S/C15H20ClFO/c1-2-10-3-5-12(7-10)15(18)9-11-4-6-14(17)13(16)8-11/h4,6,8,10,12,15,18H,2-3,5,7,9H2,1H3. The van der Waals surface area contributed by atoms with E-state index in [4.69, 9.17) is 11.6 Å². The summed E-state index contributed by atoms with van der Waals surface area (Å²) in [6.07, 6.45) is 4.89. The van der Waals surface area contributed by atoms with Crippen LogP contribution in [-0.4, -0.2) is 11.2 Å². The second-order valence-electron chi connectivity index (χ2n) is 5.37. The third kappa shape index (κ3) is 3.24. The van der Waals surface area contributed by atoms with Gasteiger partial charge in [-0.05, 0) is 48.8 Å². The van der Waals surface area contributed by atoms with Gasteiger partial charge in [-0.25, -0.2) is 4.39 Å². The van der Waals surface area contributed by atoms with E-state index in [1.165, 1.54) is 18.9 Å². The van der Waals surface area contributed by atoms with E-state index in [2.05, 4.69) is 6.92 Å². The lowest BCUT2D eigenvalue weighted by Crippen LogP contribution is -2.20. The Bertz CT molecular complexity index is 407. The molecule has 3 unspecified atom stereocenters. The highest BCUT2D eigenvalue weighted by Gasteiger charge is 2.28. The second kappa shape index (κ2) is 6.03. The minimum atomic E-state index is -0.401. The molecule has 1 aliphatic carbocycles. The number of halogens is 2. The Balaban J connectivity index is 1.94. The predicted octanol–water partition coefficient (Wildman–Crippen LogP) is 4.21. The van der Waals surface area contributed by atoms with Crippen LogP contribution in [0.2, 0.25) is 5.02 Å². The molecule has 1 aromatic rings. The summed E-state index contributed by atoms with van der Waals surface area (Å²) < 4.78 is 13.0. The minimum Gasteiger partial charge on any atom is -0.392 e. The fraction of sp³-hybridized carbons (Fsp3) is 0.600. The fourth-order valence-electron chi connectivity index (χ4n) is 2.91. The summed E-state index contributed by atoms with van der Waals surface area (Å²) in [6.45, 7) is 2.21. The summed E-state index contributed by atoms with van der Waals surface area (Å²) in [7, 11) is 0. The van der Waals surface area contributed by atoms with Gasteiger partial charge >= 0.3 is 0 Å². The van der Waals surface area contributed by atoms with Crippen LogP contribution in [0.15, 0.2) is 18.2 Å². The molecular weight excluding hydrogens is 251 g/mol. The van der Waals surface area contributed by atoms with Gasteiger partial charge in [-0.15, -0.1) is 0 Å². The summed E-state index contributed by atoms with van der Waals surface area (Å²) in [5, 5.41) is 10.4. The van der Waals surface area contributed by atoms with E-state index in [-0.39, 0.29) is 11.1 Å². The van der Waals surface area contributed by atoms with E-state index in [1.807, 2.05) is 0 Å². The van der Waals surface area contributed by atoms with Crippen molar-refractivity contribution in [3.05, 3.63) is 34.6 Å². The Kier molecular flexibility index (Phi) is 4.63. The van der Waals surface area contributed by atoms with Crippen LogP contribution < -0.4 is 0 Å². The highest BCUT2D eigenvalue weighted by Crippen LogP contribution is 2.35. The van der Waals surface area contributed by atoms with Crippen LogP contribution in [0.5, 0.6) is 0 Å². The lowest BCUT2D eigenvalue weighted by molar-refractivity contribution is 0.108. The lowest BCUT2D eigenvalue weighted by atomic mass is 9.93. The molecule has 0 bridgehead atoms. The average Bonchev–Trinajstić information content (AvgIpc) is 2.82. The van der Waals surface area contributed by atoms with Crippen molar-refractivity contribution in [1.82, 2.24) is 0 Å². The van der Waals surface area contributed by atoms with Crippen LogP contribution in [0.4, 0.5) is 4.39 Å². The molecule has 2 rings (SSSR count). The van der Waals surface area contributed by atoms with Crippen molar-refractivity contribution in [2.24, 2.45) is 11.8 Å². The Morgan fingerprint density at radius 1 is 1.44 bits per heavy atom. The molecule has 18 heavy (non-hydrogen) atoms. The Labute approximate surface area is 113 Å². The summed E-state index contributed by atoms with van der Waals surface area (Å²) in [6, 6.07) is 4.69. The maximum absolute atomic E-state index is 13.0. The van der Waals surface area contributed by atoms with Crippen LogP contribution in [-0.2, 0) is 6.42 Å². The van der Waals surface area contributed by atoms with Crippen LogP contribution >= 0.6 is 11.6 Å². The first-order valence-corrected chi connectivity index (χ1v) is 7.10. The summed E-state index contributed by atoms with van der Waals surface area (Å²) in [4.78, 5) is 0. The van der Waals surface area contributed by atoms with Gasteiger partial charge in [0.1, 0.15) is 5.82 Å². The van der Waals surface area contributed by atoms with Crippen molar-refractivity contribution in [2.45, 2.75) is 45.1 Å². The third-order valence-electron chi connectivity index (χ3n) is 4.13. The van der Waals surface area contributed by atoms with E-state index in [0.29, 0.717) is 12.3 Å². The fourth-order valence-corrected chi connectivity index (χ4v) is 3.11. The average molecular weight is 271 g/mol. The van der Waals surface area contributed by atoms with Crippen LogP contribution in [0.25, 0.3) is 0 Å². The number of aliphatic hydroxyl groups excluding tert-OH is 1. The SMILES string of the molecule is CCC1CCC(C(O)Cc2ccc(F)c(Cl)c2)C1. The quantitative estimate of drug-likeness (QED) is 0.869. The largest absolute Gasteiger partial charge is 0.392 e. The Morgan fingerprint density at radius 2 is 2.22 bits per heavy atom. The van der Waals surface area contributed by atoms with Crippen molar-refractivity contribution in [1.29, 1.82) is 0 Å². The number of benzene rings is 1. The van der Waals surface area contributed by atoms with Gasteiger partial charge in [-0.1, -0.05) is 37.4 Å². The third-order valence-corrected chi connectivity index (χ3v) is 4.42. The molecule has 1 aromatic carbocycles. The molecule has 0 aliphatic heterocycles. The van der Waals surface area contributed by atoms with Crippen molar-refractivity contribution < 1.29 is 9.50 Å². The van der Waals surface area contributed by atoms with Gasteiger partial charge in [-0.3, -0.25) is 0 Å². The van der Waals surface area contributed by atoms with Crippen molar-refractivity contribution in [3.8, 4) is 0 Å². The van der Waals surface area contributed by atoms with Gasteiger partial charge < -0.3 is 5.11 Å². The molecule has 1 N–H and O–H groups in total. The molecular formula is C15H20ClFO. The Hall–Kier alpha value is -0.600. The van der Waals surface area contributed by atoms with Gasteiger partial charge in [0.15, 0.2) is 0 Å². The number of rotatable bonds is 4. The van der Waals surface area contributed by atoms with E-state index < -0.39 is 5.82 Å². The van der Waals surface area contributed by atoms with Gasteiger partial charge in [0.05, 0.1) is 11.1 Å². The van der Waals surface area contributed by atoms with E-state index >= 15 is 0 Å². The maximum Gasteiger partial charge on any atom is 0.141 e. The molecule has 100 valence electrons. The molecule has 0 aromatic heterocycles. The molecule has 0 saturated heterocycles. The highest BCUT2D eigenvalue weighted by molar-refractivity contribution is 6.30. The van der Waals surface area contributed by atoms with Crippen LogP contribution in [0.1, 0.15) is 38.2 Å². The van der Waals surface area contributed by atoms with Crippen molar-refractivity contribution in [3.63, 3.8) is 0 Å². The van der Waals surface area contributed by atoms with E-state index in [9.17, 15) is 9.50 Å². The Morgan fingerprint density at radius 3 is 2.83 bits per heavy atom. The van der Waals surface area contributed by atoms with Gasteiger partial charge in [0.2, 0.25) is 0 Å². The molecule has 0 amide bonds. The first kappa shape index (κ1) is 13.8. The summed E-state index contributed by atoms with van der Waals surface area (Å²) in [5.41, 5.74) is 0.911. The number of hydrogen-bond acceptors (Lipinski definition) is 1. The highest BCUT2D eigenvalue weighted by atomic mass is 35.5. The van der Waals surface area contributed by atoms with E-state index in [0.717, 1.165) is 24.3 Å². The number of aliphatic hydroxyl groups is 1. The zero-order chi connectivity index (χ0) is 13.1. The molecule has 3 atom stereocenters. The zero-order valence-corrected chi connectivity index (χ0v) is 11.5. The molecule has 0 heterocycles. The van der Waals surface area contributed by atoms with Gasteiger partial charge in [-0.2, -0.15) is 0 Å². The van der Waals surface area contributed by atoms with Crippen LogP contribution in [0.3, 0.4) is 0 Å². The first-order valence-electron chi connectivity index (χ1n) is 6.72. The molecule has 0 spiro atoms. The summed E-state index contributed by atoms with van der Waals surface area (Å²) in [5.74, 6) is 0.752. The minimum absolute atomic E-state index is 0.137. The van der Waals surface area contributed by atoms with E-state index in [1.54, 1.807) is 12.1 Å². The predicted molar refractivity (Wildman–Crippen MR) is 72.2 cm³/mol. The van der Waals surface area contributed by atoms with Gasteiger partial charge in [0.25, 0.3) is 0 Å². The van der Waals surface area contributed by atoms with Gasteiger partial charge in [0, 0.05) is 0 Å².